The van der Waals surface area contributed by atoms with E-state index in [4.69, 9.17) is 14.8 Å². The molecule has 0 atom stereocenters. The number of nitrogens with zero attached hydrogens (tertiary/aromatic N) is 3. The number of aromatic amines is 1. The van der Waals surface area contributed by atoms with Gasteiger partial charge in [0.25, 0.3) is 0 Å². The van der Waals surface area contributed by atoms with Crippen LogP contribution in [0.1, 0.15) is 16.7 Å². The average molecular weight is 359 g/mol. The molecular formula is C21H21N5O. The van der Waals surface area contributed by atoms with E-state index in [-0.39, 0.29) is 0 Å². The van der Waals surface area contributed by atoms with Crippen LogP contribution < -0.4 is 10.1 Å². The summed E-state index contributed by atoms with van der Waals surface area (Å²) in [5.41, 5.74) is 8.56. The maximum Gasteiger partial charge on any atom is 0.175 e. The molecule has 136 valence electrons. The molecule has 0 saturated carbocycles. The standard InChI is InChI=1S/C21H21N5O/c1-12-4-6-13(7-5-12)18-20(27-3)19(26(2)25-18)21-23-16-8-14-10-22-11-15(14)9-17(16)24-21/h4-9,22H,10-11H2,1-3H3,(H,23,24). The van der Waals surface area contributed by atoms with Crippen LogP contribution in [0.25, 0.3) is 33.8 Å². The van der Waals surface area contributed by atoms with Crippen LogP contribution in [0, 0.1) is 6.92 Å². The number of methoxy groups -OCH3 is 1. The molecular weight excluding hydrogens is 338 g/mol. The van der Waals surface area contributed by atoms with Gasteiger partial charge in [0.2, 0.25) is 0 Å². The summed E-state index contributed by atoms with van der Waals surface area (Å²) in [7, 11) is 3.60. The molecule has 0 aliphatic carbocycles. The minimum Gasteiger partial charge on any atom is -0.492 e. The summed E-state index contributed by atoms with van der Waals surface area (Å²) in [5, 5.41) is 8.09. The highest BCUT2D eigenvalue weighted by Crippen LogP contribution is 2.38. The van der Waals surface area contributed by atoms with Crippen LogP contribution in [0.3, 0.4) is 0 Å². The number of ether oxygens (including phenoxy) is 1. The lowest BCUT2D eigenvalue weighted by molar-refractivity contribution is 0.417. The van der Waals surface area contributed by atoms with Gasteiger partial charge >= 0.3 is 0 Å². The van der Waals surface area contributed by atoms with Crippen molar-refractivity contribution in [3.05, 3.63) is 53.1 Å². The lowest BCUT2D eigenvalue weighted by Crippen LogP contribution is -1.99. The van der Waals surface area contributed by atoms with Crippen molar-refractivity contribution in [1.29, 1.82) is 0 Å². The van der Waals surface area contributed by atoms with E-state index >= 15 is 0 Å². The van der Waals surface area contributed by atoms with E-state index in [9.17, 15) is 0 Å². The summed E-state index contributed by atoms with van der Waals surface area (Å²) in [4.78, 5) is 8.28. The van der Waals surface area contributed by atoms with Crippen LogP contribution in [0.2, 0.25) is 0 Å². The zero-order valence-corrected chi connectivity index (χ0v) is 15.6. The Morgan fingerprint density at radius 3 is 2.56 bits per heavy atom. The second-order valence-corrected chi connectivity index (χ2v) is 7.05. The Morgan fingerprint density at radius 2 is 1.81 bits per heavy atom. The Labute approximate surface area is 157 Å². The molecule has 2 aromatic carbocycles. The first-order valence-corrected chi connectivity index (χ1v) is 9.04. The van der Waals surface area contributed by atoms with Gasteiger partial charge < -0.3 is 15.0 Å². The van der Waals surface area contributed by atoms with Gasteiger partial charge in [-0.2, -0.15) is 5.10 Å². The molecule has 0 spiro atoms. The highest BCUT2D eigenvalue weighted by Gasteiger charge is 2.23. The van der Waals surface area contributed by atoms with Gasteiger partial charge in [-0.3, -0.25) is 4.68 Å². The number of H-pyrrole nitrogens is 1. The van der Waals surface area contributed by atoms with Crippen LogP contribution in [0.4, 0.5) is 0 Å². The summed E-state index contributed by atoms with van der Waals surface area (Å²) in [6.07, 6.45) is 0. The van der Waals surface area contributed by atoms with E-state index in [0.717, 1.165) is 52.6 Å². The van der Waals surface area contributed by atoms with E-state index in [1.165, 1.54) is 16.7 Å². The first kappa shape index (κ1) is 16.1. The lowest BCUT2D eigenvalue weighted by atomic mass is 10.1. The number of hydrogen-bond donors (Lipinski definition) is 2. The Kier molecular flexibility index (Phi) is 3.55. The smallest absolute Gasteiger partial charge is 0.175 e. The Balaban J connectivity index is 1.66. The third-order valence-corrected chi connectivity index (χ3v) is 5.19. The van der Waals surface area contributed by atoms with Crippen LogP contribution in [0.5, 0.6) is 5.75 Å². The van der Waals surface area contributed by atoms with Gasteiger partial charge in [-0.25, -0.2) is 4.98 Å². The first-order chi connectivity index (χ1) is 13.1. The second-order valence-electron chi connectivity index (χ2n) is 7.05. The number of imidazole rings is 1. The predicted octanol–water partition coefficient (Wildman–Crippen LogP) is 3.55. The minimum absolute atomic E-state index is 0.731. The van der Waals surface area contributed by atoms with Crippen molar-refractivity contribution in [2.75, 3.05) is 7.11 Å². The highest BCUT2D eigenvalue weighted by atomic mass is 16.5. The maximum absolute atomic E-state index is 5.76. The molecule has 1 aliphatic rings. The first-order valence-electron chi connectivity index (χ1n) is 9.04. The zero-order chi connectivity index (χ0) is 18.5. The molecule has 5 rings (SSSR count). The van der Waals surface area contributed by atoms with Crippen molar-refractivity contribution in [3.63, 3.8) is 0 Å². The van der Waals surface area contributed by atoms with Gasteiger partial charge in [0.05, 0.1) is 18.1 Å². The van der Waals surface area contributed by atoms with Crippen molar-refractivity contribution < 1.29 is 4.74 Å². The van der Waals surface area contributed by atoms with Crippen LogP contribution >= 0.6 is 0 Å². The van der Waals surface area contributed by atoms with E-state index < -0.39 is 0 Å². The van der Waals surface area contributed by atoms with E-state index in [2.05, 4.69) is 53.6 Å². The van der Waals surface area contributed by atoms with Crippen LogP contribution in [0.15, 0.2) is 36.4 Å². The lowest BCUT2D eigenvalue weighted by Gasteiger charge is -2.04. The molecule has 0 unspecified atom stereocenters. The largest absolute Gasteiger partial charge is 0.492 e. The predicted molar refractivity (Wildman–Crippen MR) is 106 cm³/mol. The molecule has 2 N–H and O–H groups in total. The fourth-order valence-corrected chi connectivity index (χ4v) is 3.78. The summed E-state index contributed by atoms with van der Waals surface area (Å²) >= 11 is 0. The Bertz CT molecular complexity index is 1110. The van der Waals surface area contributed by atoms with Gasteiger partial charge in [0.15, 0.2) is 11.6 Å². The molecule has 6 heteroatoms. The number of aromatic nitrogens is 4. The minimum atomic E-state index is 0.731. The SMILES string of the molecule is COc1c(-c2ccc(C)cc2)nn(C)c1-c1nc2cc3c(cc2[nH]1)CNC3. The van der Waals surface area contributed by atoms with Gasteiger partial charge in [-0.15, -0.1) is 0 Å². The van der Waals surface area contributed by atoms with E-state index in [1.807, 2.05) is 11.7 Å². The van der Waals surface area contributed by atoms with Crippen molar-refractivity contribution in [1.82, 2.24) is 25.1 Å². The number of hydrogen-bond acceptors (Lipinski definition) is 4. The van der Waals surface area contributed by atoms with Crippen molar-refractivity contribution in [3.8, 4) is 28.5 Å². The van der Waals surface area contributed by atoms with Gasteiger partial charge in [0.1, 0.15) is 11.4 Å². The van der Waals surface area contributed by atoms with Gasteiger partial charge in [-0.1, -0.05) is 29.8 Å². The molecule has 1 aliphatic heterocycles. The summed E-state index contributed by atoms with van der Waals surface area (Å²) < 4.78 is 7.59. The maximum atomic E-state index is 5.76. The zero-order valence-electron chi connectivity index (χ0n) is 15.6. The molecule has 3 heterocycles. The Morgan fingerprint density at radius 1 is 1.07 bits per heavy atom. The third kappa shape index (κ3) is 2.52. The fourth-order valence-electron chi connectivity index (χ4n) is 3.78. The fraction of sp³-hybridized carbons (Fsp3) is 0.238. The van der Waals surface area contributed by atoms with Gasteiger partial charge in [-0.05, 0) is 30.2 Å². The molecule has 2 aromatic heterocycles. The summed E-state index contributed by atoms with van der Waals surface area (Å²) in [5.74, 6) is 1.50. The monoisotopic (exact) mass is 359 g/mol. The number of aryl methyl sites for hydroxylation is 2. The Hall–Kier alpha value is -3.12. The molecule has 0 radical (unpaired) electrons. The number of nitrogens with one attached hydrogen (secondary N) is 2. The number of fused-ring (bicyclic) bond motifs is 2. The van der Waals surface area contributed by atoms with Crippen LogP contribution in [-0.2, 0) is 20.1 Å². The third-order valence-electron chi connectivity index (χ3n) is 5.19. The van der Waals surface area contributed by atoms with Crippen LogP contribution in [-0.4, -0.2) is 26.9 Å². The molecule has 27 heavy (non-hydrogen) atoms. The average Bonchev–Trinajstić information content (AvgIpc) is 3.35. The quantitative estimate of drug-likeness (QED) is 0.587. The molecule has 4 aromatic rings. The highest BCUT2D eigenvalue weighted by molar-refractivity contribution is 5.84. The molecule has 0 bridgehead atoms. The molecule has 0 saturated heterocycles. The molecule has 6 nitrogen and oxygen atoms in total. The second kappa shape index (κ2) is 5.96. The van der Waals surface area contributed by atoms with Gasteiger partial charge in [0, 0.05) is 25.7 Å². The summed E-state index contributed by atoms with van der Waals surface area (Å²) in [6.45, 7) is 3.89. The van der Waals surface area contributed by atoms with Crippen molar-refractivity contribution >= 4 is 11.0 Å². The van der Waals surface area contributed by atoms with Crippen molar-refractivity contribution in [2.24, 2.45) is 7.05 Å². The number of benzene rings is 2. The molecule has 0 fully saturated rings. The number of rotatable bonds is 3. The van der Waals surface area contributed by atoms with E-state index in [0.29, 0.717) is 0 Å². The topological polar surface area (TPSA) is 67.8 Å². The summed E-state index contributed by atoms with van der Waals surface area (Å²) in [6, 6.07) is 12.7. The molecule has 0 amide bonds. The van der Waals surface area contributed by atoms with E-state index in [1.54, 1.807) is 7.11 Å². The normalized spacial score (nSPS) is 13.3. The van der Waals surface area contributed by atoms with Crippen molar-refractivity contribution in [2.45, 2.75) is 20.0 Å².